The van der Waals surface area contributed by atoms with Crippen LogP contribution in [0.2, 0.25) is 0 Å². The fraction of sp³-hybridized carbons (Fsp3) is 0.211. The van der Waals surface area contributed by atoms with Crippen molar-refractivity contribution in [1.82, 2.24) is 0 Å². The van der Waals surface area contributed by atoms with Crippen LogP contribution in [-0.4, -0.2) is 35.0 Å². The molecule has 3 rings (SSSR count). The second kappa shape index (κ2) is 7.06. The van der Waals surface area contributed by atoms with Crippen LogP contribution in [0.1, 0.15) is 24.2 Å². The number of carboxylic acid groups (broad SMARTS) is 1. The zero-order chi connectivity index (χ0) is 19.7. The van der Waals surface area contributed by atoms with E-state index in [1.165, 1.54) is 54.3 Å². The van der Waals surface area contributed by atoms with Crippen molar-refractivity contribution in [3.8, 4) is 5.75 Å². The second-order valence-electron chi connectivity index (χ2n) is 6.13. The van der Waals surface area contributed by atoms with Crippen LogP contribution in [0.5, 0.6) is 5.75 Å². The highest BCUT2D eigenvalue weighted by Crippen LogP contribution is 2.36. The summed E-state index contributed by atoms with van der Waals surface area (Å²) < 4.78 is 18.5. The van der Waals surface area contributed by atoms with Gasteiger partial charge in [0, 0.05) is 5.69 Å². The van der Waals surface area contributed by atoms with Gasteiger partial charge in [-0.15, -0.1) is 0 Å². The molecule has 0 aliphatic carbocycles. The first-order chi connectivity index (χ1) is 12.8. The lowest BCUT2D eigenvalue weighted by Gasteiger charge is -2.36. The number of hydrogen-bond donors (Lipinski definition) is 2. The molecule has 2 aromatic rings. The average Bonchev–Trinajstić information content (AvgIpc) is 2.63. The van der Waals surface area contributed by atoms with Crippen LogP contribution in [0.15, 0.2) is 42.5 Å². The third-order valence-electron chi connectivity index (χ3n) is 4.23. The van der Waals surface area contributed by atoms with E-state index in [-0.39, 0.29) is 11.3 Å². The minimum atomic E-state index is -1.16. The summed E-state index contributed by atoms with van der Waals surface area (Å²) in [4.78, 5) is 37.7. The van der Waals surface area contributed by atoms with E-state index in [4.69, 9.17) is 4.74 Å². The fourth-order valence-electron chi connectivity index (χ4n) is 2.79. The number of amides is 2. The van der Waals surface area contributed by atoms with E-state index in [0.717, 1.165) is 0 Å². The normalized spacial score (nSPS) is 16.9. The van der Waals surface area contributed by atoms with Crippen LogP contribution >= 0.6 is 0 Å². The van der Waals surface area contributed by atoms with E-state index in [1.54, 1.807) is 6.92 Å². The first-order valence-electron chi connectivity index (χ1n) is 8.21. The van der Waals surface area contributed by atoms with Gasteiger partial charge in [0.25, 0.3) is 5.91 Å². The summed E-state index contributed by atoms with van der Waals surface area (Å²) >= 11 is 0. The summed E-state index contributed by atoms with van der Waals surface area (Å²) in [5, 5.41) is 11.8. The van der Waals surface area contributed by atoms with Gasteiger partial charge < -0.3 is 15.2 Å². The number of aromatic carboxylic acids is 1. The SMILES string of the molecule is CC1Oc2ccc(C(=O)O)cc2N(C(C)C(=O)Nc2ccc(F)cc2)C1=O. The monoisotopic (exact) mass is 372 g/mol. The van der Waals surface area contributed by atoms with Gasteiger partial charge in [-0.3, -0.25) is 14.5 Å². The quantitative estimate of drug-likeness (QED) is 0.860. The van der Waals surface area contributed by atoms with Crippen LogP contribution < -0.4 is 15.0 Å². The standard InChI is InChI=1S/C19H17FN2O5/c1-10(17(23)21-14-6-4-13(20)5-7-14)22-15-9-12(19(25)26)3-8-16(15)27-11(2)18(22)24/h3-11H,1-2H3,(H,21,23)(H,25,26). The molecule has 1 aliphatic rings. The number of nitrogens with one attached hydrogen (secondary N) is 1. The highest BCUT2D eigenvalue weighted by atomic mass is 19.1. The molecule has 1 heterocycles. The molecule has 2 N–H and O–H groups in total. The zero-order valence-electron chi connectivity index (χ0n) is 14.6. The first kappa shape index (κ1) is 18.4. The Balaban J connectivity index is 1.92. The second-order valence-corrected chi connectivity index (χ2v) is 6.13. The molecule has 0 aromatic heterocycles. The Kier molecular flexibility index (Phi) is 4.81. The van der Waals surface area contributed by atoms with Crippen molar-refractivity contribution >= 4 is 29.2 Å². The number of nitrogens with zero attached hydrogens (tertiary/aromatic N) is 1. The number of benzene rings is 2. The first-order valence-corrected chi connectivity index (χ1v) is 8.21. The maximum absolute atomic E-state index is 13.0. The molecule has 7 nitrogen and oxygen atoms in total. The Morgan fingerprint density at radius 3 is 2.52 bits per heavy atom. The zero-order valence-corrected chi connectivity index (χ0v) is 14.6. The van der Waals surface area contributed by atoms with Crippen LogP contribution in [-0.2, 0) is 9.59 Å². The maximum atomic E-state index is 13.0. The smallest absolute Gasteiger partial charge is 0.335 e. The van der Waals surface area contributed by atoms with Crippen molar-refractivity contribution in [3.05, 3.63) is 53.8 Å². The van der Waals surface area contributed by atoms with Crippen molar-refractivity contribution in [2.75, 3.05) is 10.2 Å². The summed E-state index contributed by atoms with van der Waals surface area (Å²) in [6, 6.07) is 8.39. The molecule has 0 radical (unpaired) electrons. The van der Waals surface area contributed by atoms with E-state index in [0.29, 0.717) is 11.4 Å². The molecule has 27 heavy (non-hydrogen) atoms. The number of carboxylic acids is 1. The van der Waals surface area contributed by atoms with Crippen molar-refractivity contribution in [1.29, 1.82) is 0 Å². The van der Waals surface area contributed by atoms with Gasteiger partial charge in [0.2, 0.25) is 5.91 Å². The van der Waals surface area contributed by atoms with Crippen LogP contribution in [0, 0.1) is 5.82 Å². The van der Waals surface area contributed by atoms with E-state index in [2.05, 4.69) is 5.32 Å². The van der Waals surface area contributed by atoms with Crippen molar-refractivity contribution in [3.63, 3.8) is 0 Å². The van der Waals surface area contributed by atoms with Crippen molar-refractivity contribution in [2.24, 2.45) is 0 Å². The number of halogens is 1. The van der Waals surface area contributed by atoms with Crippen LogP contribution in [0.25, 0.3) is 0 Å². The van der Waals surface area contributed by atoms with Crippen LogP contribution in [0.4, 0.5) is 15.8 Å². The number of carbonyl (C=O) groups is 3. The summed E-state index contributed by atoms with van der Waals surface area (Å²) in [7, 11) is 0. The molecule has 0 fully saturated rings. The van der Waals surface area contributed by atoms with E-state index in [9.17, 15) is 23.9 Å². The molecule has 0 saturated heterocycles. The van der Waals surface area contributed by atoms with Crippen LogP contribution in [0.3, 0.4) is 0 Å². The lowest BCUT2D eigenvalue weighted by Crippen LogP contribution is -2.52. The van der Waals surface area contributed by atoms with Gasteiger partial charge >= 0.3 is 5.97 Å². The number of fused-ring (bicyclic) bond motifs is 1. The minimum Gasteiger partial charge on any atom is -0.479 e. The number of ether oxygens (including phenoxy) is 1. The van der Waals surface area contributed by atoms with Crippen molar-refractivity contribution < 1.29 is 28.6 Å². The molecular formula is C19H17FN2O5. The summed E-state index contributed by atoms with van der Waals surface area (Å²) in [6.07, 6.45) is -0.825. The molecule has 2 aromatic carbocycles. The third-order valence-corrected chi connectivity index (χ3v) is 4.23. The van der Waals surface area contributed by atoms with Gasteiger partial charge in [0.05, 0.1) is 11.3 Å². The van der Waals surface area contributed by atoms with Gasteiger partial charge in [-0.1, -0.05) is 0 Å². The molecule has 2 unspecified atom stereocenters. The highest BCUT2D eigenvalue weighted by Gasteiger charge is 2.37. The number of carbonyl (C=O) groups excluding carboxylic acids is 2. The summed E-state index contributed by atoms with van der Waals surface area (Å²) in [5.41, 5.74) is 0.553. The Morgan fingerprint density at radius 1 is 1.22 bits per heavy atom. The Bertz CT molecular complexity index is 913. The number of hydrogen-bond acceptors (Lipinski definition) is 4. The molecule has 8 heteroatoms. The predicted molar refractivity (Wildman–Crippen MR) is 95.5 cm³/mol. The van der Waals surface area contributed by atoms with Gasteiger partial charge in [-0.25, -0.2) is 9.18 Å². The lowest BCUT2D eigenvalue weighted by atomic mass is 10.1. The largest absolute Gasteiger partial charge is 0.479 e. The Labute approximate surface area is 154 Å². The van der Waals surface area contributed by atoms with E-state index in [1.807, 2.05) is 0 Å². The molecule has 2 atom stereocenters. The maximum Gasteiger partial charge on any atom is 0.335 e. The topological polar surface area (TPSA) is 95.9 Å². The lowest BCUT2D eigenvalue weighted by molar-refractivity contribution is -0.128. The Hall–Kier alpha value is -3.42. The van der Waals surface area contributed by atoms with Gasteiger partial charge in [0.1, 0.15) is 17.6 Å². The molecule has 1 aliphatic heterocycles. The molecule has 0 spiro atoms. The average molecular weight is 372 g/mol. The molecular weight excluding hydrogens is 355 g/mol. The van der Waals surface area contributed by atoms with Gasteiger partial charge in [-0.05, 0) is 56.3 Å². The van der Waals surface area contributed by atoms with Gasteiger partial charge in [0.15, 0.2) is 6.10 Å². The summed E-state index contributed by atoms with van der Waals surface area (Å²) in [5.74, 6) is -2.25. The third kappa shape index (κ3) is 3.59. The Morgan fingerprint density at radius 2 is 1.89 bits per heavy atom. The number of anilines is 2. The molecule has 2 amide bonds. The molecule has 140 valence electrons. The predicted octanol–water partition coefficient (Wildman–Crippen LogP) is 2.67. The highest BCUT2D eigenvalue weighted by molar-refractivity contribution is 6.08. The van der Waals surface area contributed by atoms with E-state index >= 15 is 0 Å². The van der Waals surface area contributed by atoms with Gasteiger partial charge in [-0.2, -0.15) is 0 Å². The minimum absolute atomic E-state index is 0.0316. The summed E-state index contributed by atoms with van der Waals surface area (Å²) in [6.45, 7) is 3.07. The van der Waals surface area contributed by atoms with E-state index < -0.39 is 35.7 Å². The molecule has 0 saturated carbocycles. The van der Waals surface area contributed by atoms with Crippen molar-refractivity contribution in [2.45, 2.75) is 26.0 Å². The fourth-order valence-corrected chi connectivity index (χ4v) is 2.79. The number of rotatable bonds is 4. The molecule has 0 bridgehead atoms.